The second kappa shape index (κ2) is 13.1. The molecule has 0 aromatic heterocycles. The predicted octanol–water partition coefficient (Wildman–Crippen LogP) is -2.24. The van der Waals surface area contributed by atoms with Gasteiger partial charge in [0.2, 0.25) is 0 Å². The summed E-state index contributed by atoms with van der Waals surface area (Å²) in [5.41, 5.74) is 0. The molecule has 0 saturated carbocycles. The molecule has 0 aliphatic carbocycles. The standard InChI is InChI=1S/C20H36O11/c1-2-3-4-5-6-7-8-28-19-17(27)15(25)18(12(10-22)30-19)31-20-16(26)14(24)13(23)11(9-21)29-20/h2,11-27H,1,3-10H2/t11?,12?,13-,14-,15+,16?,17?,18+,19+,20-/m0/s1. The molecule has 0 amide bonds. The largest absolute Gasteiger partial charge is 0.394 e. The Hall–Kier alpha value is -0.700. The van der Waals surface area contributed by atoms with Crippen molar-refractivity contribution in [3.63, 3.8) is 0 Å². The van der Waals surface area contributed by atoms with E-state index in [1.165, 1.54) is 0 Å². The molecule has 0 aromatic rings. The molecule has 2 aliphatic heterocycles. The Morgan fingerprint density at radius 3 is 1.97 bits per heavy atom. The van der Waals surface area contributed by atoms with Crippen molar-refractivity contribution in [2.24, 2.45) is 0 Å². The molecule has 2 fully saturated rings. The van der Waals surface area contributed by atoms with Crippen LogP contribution in [0.3, 0.4) is 0 Å². The van der Waals surface area contributed by atoms with Crippen molar-refractivity contribution in [2.45, 2.75) is 93.5 Å². The van der Waals surface area contributed by atoms with Gasteiger partial charge in [-0.2, -0.15) is 0 Å². The molecule has 0 radical (unpaired) electrons. The summed E-state index contributed by atoms with van der Waals surface area (Å²) >= 11 is 0. The molecule has 2 aliphatic rings. The van der Waals surface area contributed by atoms with Crippen molar-refractivity contribution in [1.29, 1.82) is 0 Å². The fourth-order valence-corrected chi connectivity index (χ4v) is 3.64. The monoisotopic (exact) mass is 452 g/mol. The maximum atomic E-state index is 10.5. The lowest BCUT2D eigenvalue weighted by molar-refractivity contribution is -0.359. The molecule has 2 heterocycles. The van der Waals surface area contributed by atoms with Gasteiger partial charge in [-0.3, -0.25) is 0 Å². The first-order valence-electron chi connectivity index (χ1n) is 10.7. The zero-order chi connectivity index (χ0) is 23.0. The van der Waals surface area contributed by atoms with E-state index in [1.54, 1.807) is 0 Å². The van der Waals surface area contributed by atoms with E-state index < -0.39 is 74.6 Å². The van der Waals surface area contributed by atoms with Gasteiger partial charge >= 0.3 is 0 Å². The number of aliphatic hydroxyl groups excluding tert-OH is 7. The summed E-state index contributed by atoms with van der Waals surface area (Å²) in [7, 11) is 0. The molecule has 0 aromatic carbocycles. The van der Waals surface area contributed by atoms with Crippen LogP contribution in [0, 0.1) is 0 Å². The van der Waals surface area contributed by atoms with Gasteiger partial charge in [-0.05, 0) is 19.3 Å². The van der Waals surface area contributed by atoms with Gasteiger partial charge < -0.3 is 54.7 Å². The van der Waals surface area contributed by atoms with Crippen molar-refractivity contribution >= 4 is 0 Å². The van der Waals surface area contributed by atoms with Gasteiger partial charge in [0.15, 0.2) is 12.6 Å². The topological polar surface area (TPSA) is 179 Å². The van der Waals surface area contributed by atoms with Gasteiger partial charge in [0.05, 0.1) is 13.2 Å². The van der Waals surface area contributed by atoms with E-state index >= 15 is 0 Å². The lowest BCUT2D eigenvalue weighted by Crippen LogP contribution is -2.64. The Bertz CT molecular complexity index is 517. The summed E-state index contributed by atoms with van der Waals surface area (Å²) in [6, 6.07) is 0. The highest BCUT2D eigenvalue weighted by molar-refractivity contribution is 4.94. The second-order valence-corrected chi connectivity index (χ2v) is 7.87. The van der Waals surface area contributed by atoms with Gasteiger partial charge in [0, 0.05) is 6.61 Å². The van der Waals surface area contributed by atoms with Crippen LogP contribution in [0.1, 0.15) is 32.1 Å². The minimum atomic E-state index is -1.70. The highest BCUT2D eigenvalue weighted by atomic mass is 16.7. The Kier molecular flexibility index (Phi) is 11.2. The third-order valence-corrected chi connectivity index (χ3v) is 5.55. The minimum absolute atomic E-state index is 0.291. The molecule has 11 nitrogen and oxygen atoms in total. The molecule has 4 unspecified atom stereocenters. The number of aliphatic hydroxyl groups is 7. The summed E-state index contributed by atoms with van der Waals surface area (Å²) in [4.78, 5) is 0. The zero-order valence-electron chi connectivity index (χ0n) is 17.5. The lowest BCUT2D eigenvalue weighted by atomic mass is 9.97. The zero-order valence-corrected chi connectivity index (χ0v) is 17.5. The first-order chi connectivity index (χ1) is 14.8. The van der Waals surface area contributed by atoms with E-state index in [4.69, 9.17) is 18.9 Å². The smallest absolute Gasteiger partial charge is 0.187 e. The molecule has 11 heteroatoms. The van der Waals surface area contributed by atoms with E-state index in [2.05, 4.69) is 6.58 Å². The predicted molar refractivity (Wildman–Crippen MR) is 106 cm³/mol. The second-order valence-electron chi connectivity index (χ2n) is 7.87. The molecular weight excluding hydrogens is 416 g/mol. The van der Waals surface area contributed by atoms with Crippen molar-refractivity contribution < 1.29 is 54.7 Å². The average Bonchev–Trinajstić information content (AvgIpc) is 2.77. The quantitative estimate of drug-likeness (QED) is 0.126. The molecule has 2 saturated heterocycles. The van der Waals surface area contributed by atoms with Crippen LogP contribution < -0.4 is 0 Å². The van der Waals surface area contributed by atoms with E-state index in [1.807, 2.05) is 6.08 Å². The first-order valence-corrected chi connectivity index (χ1v) is 10.7. The number of hydrogen-bond donors (Lipinski definition) is 7. The van der Waals surface area contributed by atoms with E-state index in [9.17, 15) is 35.7 Å². The Morgan fingerprint density at radius 2 is 1.32 bits per heavy atom. The average molecular weight is 452 g/mol. The van der Waals surface area contributed by atoms with Gasteiger partial charge in [0.25, 0.3) is 0 Å². The van der Waals surface area contributed by atoms with E-state index in [0.717, 1.165) is 32.1 Å². The van der Waals surface area contributed by atoms with Crippen LogP contribution >= 0.6 is 0 Å². The molecular formula is C20H36O11. The normalized spacial score (nSPS) is 41.3. The van der Waals surface area contributed by atoms with Crippen molar-refractivity contribution in [3.05, 3.63) is 12.7 Å². The Balaban J connectivity index is 1.90. The van der Waals surface area contributed by atoms with Crippen molar-refractivity contribution in [2.75, 3.05) is 19.8 Å². The number of ether oxygens (including phenoxy) is 4. The minimum Gasteiger partial charge on any atom is -0.394 e. The Morgan fingerprint density at radius 1 is 0.710 bits per heavy atom. The molecule has 7 N–H and O–H groups in total. The summed E-state index contributed by atoms with van der Waals surface area (Å²) in [6.07, 6.45) is -7.87. The van der Waals surface area contributed by atoms with Crippen molar-refractivity contribution in [1.82, 2.24) is 0 Å². The number of allylic oxidation sites excluding steroid dienone is 1. The van der Waals surface area contributed by atoms with Gasteiger partial charge in [-0.1, -0.05) is 18.9 Å². The number of rotatable bonds is 12. The number of hydrogen-bond acceptors (Lipinski definition) is 11. The summed E-state index contributed by atoms with van der Waals surface area (Å²) < 4.78 is 21.8. The lowest BCUT2D eigenvalue weighted by Gasteiger charge is -2.45. The highest BCUT2D eigenvalue weighted by Gasteiger charge is 2.50. The van der Waals surface area contributed by atoms with Crippen LogP contribution in [0.15, 0.2) is 12.7 Å². The summed E-state index contributed by atoms with van der Waals surface area (Å²) in [5, 5.41) is 69.7. The molecule has 31 heavy (non-hydrogen) atoms. The fourth-order valence-electron chi connectivity index (χ4n) is 3.64. The third-order valence-electron chi connectivity index (χ3n) is 5.55. The van der Waals surface area contributed by atoms with Crippen LogP contribution in [0.5, 0.6) is 0 Å². The van der Waals surface area contributed by atoms with E-state index in [0.29, 0.717) is 6.61 Å². The third kappa shape index (κ3) is 6.89. The van der Waals surface area contributed by atoms with Crippen LogP contribution in [0.25, 0.3) is 0 Å². The molecule has 2 rings (SSSR count). The fraction of sp³-hybridized carbons (Fsp3) is 0.900. The maximum absolute atomic E-state index is 10.5. The van der Waals surface area contributed by atoms with E-state index in [-0.39, 0.29) is 0 Å². The number of unbranched alkanes of at least 4 members (excludes halogenated alkanes) is 4. The van der Waals surface area contributed by atoms with Gasteiger partial charge in [-0.15, -0.1) is 6.58 Å². The van der Waals surface area contributed by atoms with Crippen LogP contribution in [-0.2, 0) is 18.9 Å². The SMILES string of the molecule is C=CCCCCCCO[C@@H]1OC(CO)[C@@H](O[C@@H]2OC(CO)[C@H](O)[C@H](O)C2O)[C@H](O)C1O. The maximum Gasteiger partial charge on any atom is 0.187 e. The van der Waals surface area contributed by atoms with Gasteiger partial charge in [0.1, 0.15) is 48.8 Å². The molecule has 10 atom stereocenters. The van der Waals surface area contributed by atoms with Crippen molar-refractivity contribution in [3.8, 4) is 0 Å². The molecule has 0 bridgehead atoms. The summed E-state index contributed by atoms with van der Waals surface area (Å²) in [5.74, 6) is 0. The molecule has 0 spiro atoms. The molecule has 182 valence electrons. The first kappa shape index (κ1) is 26.6. The van der Waals surface area contributed by atoms with Crippen LogP contribution in [0.2, 0.25) is 0 Å². The van der Waals surface area contributed by atoms with Crippen LogP contribution in [-0.4, -0.2) is 117 Å². The highest BCUT2D eigenvalue weighted by Crippen LogP contribution is 2.29. The summed E-state index contributed by atoms with van der Waals surface area (Å²) in [6.45, 7) is 2.72. The van der Waals surface area contributed by atoms with Gasteiger partial charge in [-0.25, -0.2) is 0 Å². The van der Waals surface area contributed by atoms with Crippen LogP contribution in [0.4, 0.5) is 0 Å². The Labute approximate surface area is 181 Å².